The molecule has 4 rings (SSSR count). The van der Waals surface area contributed by atoms with E-state index in [2.05, 4.69) is 5.32 Å². The van der Waals surface area contributed by atoms with Crippen LogP contribution >= 0.6 is 0 Å². The normalized spacial score (nSPS) is 17.9. The van der Waals surface area contributed by atoms with Crippen molar-refractivity contribution < 1.29 is 18.0 Å². The molecule has 1 atom stereocenters. The first-order valence-corrected chi connectivity index (χ1v) is 12.9. The van der Waals surface area contributed by atoms with Crippen molar-refractivity contribution in [3.8, 4) is 0 Å². The third kappa shape index (κ3) is 4.96. The maximum absolute atomic E-state index is 13.2. The van der Waals surface area contributed by atoms with Gasteiger partial charge in [0.2, 0.25) is 21.8 Å². The van der Waals surface area contributed by atoms with Gasteiger partial charge in [0.25, 0.3) is 0 Å². The molecule has 0 radical (unpaired) electrons. The van der Waals surface area contributed by atoms with Gasteiger partial charge in [-0.1, -0.05) is 36.4 Å². The number of piperidine rings is 1. The van der Waals surface area contributed by atoms with Gasteiger partial charge in [0.1, 0.15) is 6.04 Å². The van der Waals surface area contributed by atoms with Gasteiger partial charge in [0, 0.05) is 33.1 Å². The van der Waals surface area contributed by atoms with Crippen molar-refractivity contribution in [2.45, 2.75) is 43.0 Å². The fourth-order valence-corrected chi connectivity index (χ4v) is 6.19. The van der Waals surface area contributed by atoms with Crippen LogP contribution in [-0.2, 0) is 32.5 Å². The third-order valence-electron chi connectivity index (χ3n) is 6.64. The Hall–Kier alpha value is -2.71. The lowest BCUT2D eigenvalue weighted by Crippen LogP contribution is -2.46. The van der Waals surface area contributed by atoms with Gasteiger partial charge in [0.15, 0.2) is 0 Å². The minimum absolute atomic E-state index is 0.203. The number of hydrogen-bond donors (Lipinski definition) is 1. The Morgan fingerprint density at radius 2 is 1.67 bits per heavy atom. The van der Waals surface area contributed by atoms with E-state index in [0.29, 0.717) is 17.7 Å². The van der Waals surface area contributed by atoms with E-state index >= 15 is 0 Å². The van der Waals surface area contributed by atoms with Crippen LogP contribution in [0.25, 0.3) is 0 Å². The number of likely N-dealkylation sites (N-methyl/N-ethyl adjacent to an activating group) is 1. The number of benzene rings is 2. The van der Waals surface area contributed by atoms with E-state index in [1.165, 1.54) is 14.8 Å². The van der Waals surface area contributed by atoms with Gasteiger partial charge < -0.3 is 10.2 Å². The number of sulfonamides is 1. The molecule has 1 aliphatic carbocycles. The number of carbonyl (C=O) groups is 2. The van der Waals surface area contributed by atoms with Crippen molar-refractivity contribution in [1.29, 1.82) is 0 Å². The van der Waals surface area contributed by atoms with E-state index in [9.17, 15) is 18.0 Å². The van der Waals surface area contributed by atoms with Crippen LogP contribution in [0.3, 0.4) is 0 Å². The van der Waals surface area contributed by atoms with Crippen molar-refractivity contribution in [2.24, 2.45) is 5.92 Å². The maximum atomic E-state index is 13.2. The van der Waals surface area contributed by atoms with Crippen LogP contribution in [0.1, 0.15) is 42.0 Å². The lowest BCUT2D eigenvalue weighted by atomic mass is 9.96. The molecule has 0 bridgehead atoms. The molecule has 7 nitrogen and oxygen atoms in total. The second kappa shape index (κ2) is 9.65. The molecule has 0 spiro atoms. The Bertz CT molecular complexity index is 1120. The standard InChI is InChI=1S/C25H31N3O4S/c1-27(2)25(30)23(19-7-4-3-5-8-19)26-24(29)20-13-15-28(16-14-20)33(31,32)22-12-11-18-9-6-10-21(18)17-22/h3-5,7-8,11-12,17,20,23H,6,9-10,13-16H2,1-2H3,(H,26,29)/t23-/m0/s1. The van der Waals surface area contributed by atoms with Crippen molar-refractivity contribution in [3.63, 3.8) is 0 Å². The molecule has 176 valence electrons. The van der Waals surface area contributed by atoms with E-state index < -0.39 is 16.1 Å². The largest absolute Gasteiger partial charge is 0.347 e. The van der Waals surface area contributed by atoms with Gasteiger partial charge in [-0.25, -0.2) is 8.42 Å². The fourth-order valence-electron chi connectivity index (χ4n) is 4.67. The summed E-state index contributed by atoms with van der Waals surface area (Å²) >= 11 is 0. The number of amides is 2. The first kappa shape index (κ1) is 23.4. The molecule has 33 heavy (non-hydrogen) atoms. The van der Waals surface area contributed by atoms with E-state index in [0.717, 1.165) is 30.4 Å². The monoisotopic (exact) mass is 469 g/mol. The van der Waals surface area contributed by atoms with Crippen molar-refractivity contribution in [1.82, 2.24) is 14.5 Å². The highest BCUT2D eigenvalue weighted by Crippen LogP contribution is 2.29. The first-order valence-electron chi connectivity index (χ1n) is 11.5. The molecule has 2 aromatic carbocycles. The number of fused-ring (bicyclic) bond motifs is 1. The summed E-state index contributed by atoms with van der Waals surface area (Å²) in [5, 5.41) is 2.90. The summed E-state index contributed by atoms with van der Waals surface area (Å²) in [5.41, 5.74) is 3.09. The number of nitrogens with zero attached hydrogens (tertiary/aromatic N) is 2. The summed E-state index contributed by atoms with van der Waals surface area (Å²) in [6.07, 6.45) is 3.85. The topological polar surface area (TPSA) is 86.8 Å². The Kier molecular flexibility index (Phi) is 6.86. The van der Waals surface area contributed by atoms with Crippen molar-refractivity contribution in [3.05, 3.63) is 65.2 Å². The van der Waals surface area contributed by atoms with Gasteiger partial charge in [-0.15, -0.1) is 0 Å². The van der Waals surface area contributed by atoms with Gasteiger partial charge in [0.05, 0.1) is 4.90 Å². The smallest absolute Gasteiger partial charge is 0.249 e. The van der Waals surface area contributed by atoms with Gasteiger partial charge >= 0.3 is 0 Å². The summed E-state index contributed by atoms with van der Waals surface area (Å²) in [5.74, 6) is -0.752. The van der Waals surface area contributed by atoms with Crippen LogP contribution in [0, 0.1) is 5.92 Å². The molecule has 1 saturated heterocycles. The Morgan fingerprint density at radius 3 is 2.33 bits per heavy atom. The van der Waals surface area contributed by atoms with E-state index in [1.54, 1.807) is 20.2 Å². The highest BCUT2D eigenvalue weighted by Gasteiger charge is 2.34. The van der Waals surface area contributed by atoms with Gasteiger partial charge in [-0.2, -0.15) is 4.31 Å². The van der Waals surface area contributed by atoms with Crippen LogP contribution in [0.15, 0.2) is 53.4 Å². The molecule has 0 aromatic heterocycles. The summed E-state index contributed by atoms with van der Waals surface area (Å²) in [6, 6.07) is 13.8. The molecule has 0 unspecified atom stereocenters. The zero-order valence-electron chi connectivity index (χ0n) is 19.2. The molecular formula is C25H31N3O4S. The predicted molar refractivity (Wildman–Crippen MR) is 126 cm³/mol. The summed E-state index contributed by atoms with van der Waals surface area (Å²) in [4.78, 5) is 27.5. The summed E-state index contributed by atoms with van der Waals surface area (Å²) in [6.45, 7) is 0.574. The highest BCUT2D eigenvalue weighted by molar-refractivity contribution is 7.89. The summed E-state index contributed by atoms with van der Waals surface area (Å²) in [7, 11) is -0.264. The Morgan fingerprint density at radius 1 is 1.00 bits per heavy atom. The van der Waals surface area contributed by atoms with Crippen LogP contribution in [-0.4, -0.2) is 56.6 Å². The zero-order chi connectivity index (χ0) is 23.6. The van der Waals surface area contributed by atoms with Crippen LogP contribution < -0.4 is 5.32 Å². The number of nitrogens with one attached hydrogen (secondary N) is 1. The van der Waals surface area contributed by atoms with Crippen LogP contribution in [0.4, 0.5) is 0 Å². The van der Waals surface area contributed by atoms with Gasteiger partial charge in [-0.3, -0.25) is 9.59 Å². The highest BCUT2D eigenvalue weighted by atomic mass is 32.2. The van der Waals surface area contributed by atoms with Gasteiger partial charge in [-0.05, 0) is 60.9 Å². The van der Waals surface area contributed by atoms with Crippen LogP contribution in [0.2, 0.25) is 0 Å². The maximum Gasteiger partial charge on any atom is 0.249 e. The molecule has 0 saturated carbocycles. The minimum Gasteiger partial charge on any atom is -0.347 e. The lowest BCUT2D eigenvalue weighted by molar-refractivity contribution is -0.136. The number of hydrogen-bond acceptors (Lipinski definition) is 4. The molecule has 1 fully saturated rings. The average molecular weight is 470 g/mol. The SMILES string of the molecule is CN(C)C(=O)[C@@H](NC(=O)C1CCN(S(=O)(=O)c2ccc3c(c2)CCC3)CC1)c1ccccc1. The zero-order valence-corrected chi connectivity index (χ0v) is 20.0. The number of rotatable bonds is 6. The molecule has 1 heterocycles. The van der Waals surface area contributed by atoms with Crippen molar-refractivity contribution >= 4 is 21.8 Å². The van der Waals surface area contributed by atoms with Crippen LogP contribution in [0.5, 0.6) is 0 Å². The molecular weight excluding hydrogens is 438 g/mol. The number of carbonyl (C=O) groups excluding carboxylic acids is 2. The molecule has 2 aliphatic rings. The quantitative estimate of drug-likeness (QED) is 0.704. The molecule has 8 heteroatoms. The average Bonchev–Trinajstić information content (AvgIpc) is 3.30. The molecule has 1 N–H and O–H groups in total. The molecule has 2 aromatic rings. The lowest BCUT2D eigenvalue weighted by Gasteiger charge is -2.32. The second-order valence-electron chi connectivity index (χ2n) is 9.05. The Balaban J connectivity index is 1.41. The Labute approximate surface area is 195 Å². The van der Waals surface area contributed by atoms with E-state index in [-0.39, 0.29) is 30.8 Å². The first-order chi connectivity index (χ1) is 15.8. The minimum atomic E-state index is -3.58. The third-order valence-corrected chi connectivity index (χ3v) is 8.53. The fraction of sp³-hybridized carbons (Fsp3) is 0.440. The van der Waals surface area contributed by atoms with E-state index in [4.69, 9.17) is 0 Å². The summed E-state index contributed by atoms with van der Waals surface area (Å²) < 4.78 is 27.8. The molecule has 2 amide bonds. The van der Waals surface area contributed by atoms with E-state index in [1.807, 2.05) is 42.5 Å². The van der Waals surface area contributed by atoms with Crippen molar-refractivity contribution in [2.75, 3.05) is 27.2 Å². The number of aryl methyl sites for hydroxylation is 2. The molecule has 1 aliphatic heterocycles. The second-order valence-corrected chi connectivity index (χ2v) is 11.0. The predicted octanol–water partition coefficient (Wildman–Crippen LogP) is 2.52.